The average molecular weight is 877 g/mol. The molecule has 3 aromatic heterocycles. The molecule has 64 heavy (non-hydrogen) atoms. The first-order chi connectivity index (χ1) is 31.0. The molecule has 0 saturated carbocycles. The van der Waals surface area contributed by atoms with Crippen molar-refractivity contribution in [2.75, 3.05) is 62.8 Å². The number of aromatic nitrogens is 5. The quantitative estimate of drug-likeness (QED) is 0.0949. The largest absolute Gasteiger partial charge is 0.494 e. The number of carbonyl (C=O) groups is 4. The average Bonchev–Trinajstić information content (AvgIpc) is 3.73. The predicted octanol–water partition coefficient (Wildman–Crippen LogP) is 5.35. The van der Waals surface area contributed by atoms with Crippen LogP contribution in [0.25, 0.3) is 11.4 Å². The van der Waals surface area contributed by atoms with Crippen LogP contribution >= 0.6 is 0 Å². The Bertz CT molecular complexity index is 2510. The summed E-state index contributed by atoms with van der Waals surface area (Å²) in [5, 5.41) is 18.7. The van der Waals surface area contributed by atoms with Crippen molar-refractivity contribution in [2.24, 2.45) is 13.0 Å². The number of carbonyl (C=O) groups excluding carboxylic acids is 4. The molecule has 4 amide bonds. The van der Waals surface area contributed by atoms with Crippen LogP contribution in [0.3, 0.4) is 0 Å². The highest BCUT2D eigenvalue weighted by atomic mass is 19.1. The Morgan fingerprint density at radius 2 is 1.62 bits per heavy atom. The SMILES string of the molecule is CNC(=O)c1cnc(Nc2ccc(C(=O)N3CCC(CN4CCC(c5c(F)cc(NC6CCC(=O)NC6=O)cc5F)CC4)CC3)cn2)cc1Nc1cccc(-c2ncn(C)n2)c1OC. The van der Waals surface area contributed by atoms with E-state index < -0.39 is 23.6 Å². The molecule has 5 N–H and O–H groups in total. The van der Waals surface area contributed by atoms with E-state index in [0.29, 0.717) is 96.2 Å². The van der Waals surface area contributed by atoms with E-state index in [0.717, 1.165) is 19.4 Å². The lowest BCUT2D eigenvalue weighted by Gasteiger charge is -2.38. The Morgan fingerprint density at radius 1 is 0.875 bits per heavy atom. The fourth-order valence-corrected chi connectivity index (χ4v) is 8.67. The van der Waals surface area contributed by atoms with Gasteiger partial charge in [-0.2, -0.15) is 5.10 Å². The standard InChI is InChI=1S/C45H50F2N12O5/c1-48-43(61)31-23-50-38(21-36(31)53-34-6-4-5-30(41(34)64-3)42-51-25-57(2)56-42)54-37-9-7-28(22-49-37)45(63)59-17-11-26(12-18-59)24-58-15-13-27(14-16-58)40-32(46)19-29(20-33(40)47)52-35-8-10-39(60)55-44(35)62/h4-7,9,19-23,25-27,35,52H,8,10-18,24H2,1-3H3,(H,48,61)(H,55,60,62)(H2,49,50,53,54). The molecule has 5 aromatic rings. The number of benzene rings is 2. The van der Waals surface area contributed by atoms with Crippen LogP contribution in [0.5, 0.6) is 5.75 Å². The Kier molecular flexibility index (Phi) is 13.1. The molecule has 3 aliphatic heterocycles. The summed E-state index contributed by atoms with van der Waals surface area (Å²) >= 11 is 0. The molecule has 8 rings (SSSR count). The second kappa shape index (κ2) is 19.2. The van der Waals surface area contributed by atoms with Crippen LogP contribution in [0.2, 0.25) is 0 Å². The van der Waals surface area contributed by atoms with Gasteiger partial charge in [0, 0.05) is 69.9 Å². The molecule has 0 spiro atoms. The van der Waals surface area contributed by atoms with Crippen LogP contribution in [0.4, 0.5) is 37.5 Å². The van der Waals surface area contributed by atoms with Gasteiger partial charge >= 0.3 is 0 Å². The number of hydrogen-bond donors (Lipinski definition) is 5. The molecule has 334 valence electrons. The van der Waals surface area contributed by atoms with Gasteiger partial charge in [0.05, 0.1) is 35.2 Å². The smallest absolute Gasteiger partial charge is 0.255 e. The zero-order chi connectivity index (χ0) is 44.9. The first kappa shape index (κ1) is 43.6. The monoisotopic (exact) mass is 876 g/mol. The van der Waals surface area contributed by atoms with E-state index >= 15 is 8.78 Å². The third kappa shape index (κ3) is 9.78. The molecule has 2 aromatic carbocycles. The van der Waals surface area contributed by atoms with E-state index in [4.69, 9.17) is 4.74 Å². The number of nitrogens with one attached hydrogen (secondary N) is 5. The van der Waals surface area contributed by atoms with Gasteiger partial charge in [0.1, 0.15) is 35.6 Å². The van der Waals surface area contributed by atoms with Crippen LogP contribution in [0, 0.1) is 17.6 Å². The first-order valence-electron chi connectivity index (χ1n) is 21.3. The number of pyridine rings is 2. The van der Waals surface area contributed by atoms with Crippen molar-refractivity contribution >= 4 is 52.3 Å². The molecular formula is C45H50F2N12O5. The van der Waals surface area contributed by atoms with Crippen LogP contribution in [0.15, 0.2) is 67.3 Å². The number of aryl methyl sites for hydroxylation is 1. The highest BCUT2D eigenvalue weighted by molar-refractivity contribution is 6.02. The van der Waals surface area contributed by atoms with Gasteiger partial charge in [0.25, 0.3) is 11.8 Å². The summed E-state index contributed by atoms with van der Waals surface area (Å²) in [6.45, 7) is 3.50. The summed E-state index contributed by atoms with van der Waals surface area (Å²) in [4.78, 5) is 67.5. The Balaban J connectivity index is 0.827. The molecule has 0 aliphatic carbocycles. The van der Waals surface area contributed by atoms with Crippen LogP contribution in [-0.2, 0) is 16.6 Å². The van der Waals surface area contributed by atoms with Crippen molar-refractivity contribution in [2.45, 2.75) is 50.5 Å². The Hall–Kier alpha value is -7.02. The summed E-state index contributed by atoms with van der Waals surface area (Å²) in [5.74, 6) is -0.611. The van der Waals surface area contributed by atoms with Gasteiger partial charge in [-0.25, -0.2) is 23.7 Å². The zero-order valence-corrected chi connectivity index (χ0v) is 35.8. The predicted molar refractivity (Wildman–Crippen MR) is 235 cm³/mol. The van der Waals surface area contributed by atoms with E-state index in [1.165, 1.54) is 24.5 Å². The number of ether oxygens (including phenoxy) is 1. The molecule has 6 heterocycles. The van der Waals surface area contributed by atoms with Crippen molar-refractivity contribution in [3.05, 3.63) is 95.6 Å². The number of halogens is 2. The van der Waals surface area contributed by atoms with E-state index in [9.17, 15) is 19.2 Å². The van der Waals surface area contributed by atoms with Gasteiger partial charge in [-0.1, -0.05) is 6.07 Å². The zero-order valence-electron chi connectivity index (χ0n) is 35.8. The minimum Gasteiger partial charge on any atom is -0.494 e. The van der Waals surface area contributed by atoms with Gasteiger partial charge in [0.15, 0.2) is 11.6 Å². The van der Waals surface area contributed by atoms with Crippen LogP contribution in [-0.4, -0.2) is 111 Å². The lowest BCUT2D eigenvalue weighted by molar-refractivity contribution is -0.133. The van der Waals surface area contributed by atoms with Crippen LogP contribution in [0.1, 0.15) is 70.7 Å². The number of methoxy groups -OCH3 is 1. The molecule has 1 unspecified atom stereocenters. The normalized spacial score (nSPS) is 17.5. The van der Waals surface area contributed by atoms with Crippen molar-refractivity contribution in [3.63, 3.8) is 0 Å². The highest BCUT2D eigenvalue weighted by Crippen LogP contribution is 2.38. The summed E-state index contributed by atoms with van der Waals surface area (Å²) in [5.41, 5.74) is 2.72. The second-order valence-corrected chi connectivity index (χ2v) is 16.3. The molecule has 3 aliphatic rings. The van der Waals surface area contributed by atoms with E-state index in [2.05, 4.69) is 51.5 Å². The number of piperidine rings is 3. The maximum Gasteiger partial charge on any atom is 0.255 e. The minimum absolute atomic E-state index is 0.0768. The summed E-state index contributed by atoms with van der Waals surface area (Å²) < 4.78 is 37.9. The van der Waals surface area contributed by atoms with Crippen molar-refractivity contribution in [1.29, 1.82) is 0 Å². The number of para-hydroxylation sites is 1. The second-order valence-electron chi connectivity index (χ2n) is 16.3. The Morgan fingerprint density at radius 3 is 2.28 bits per heavy atom. The van der Waals surface area contributed by atoms with Crippen molar-refractivity contribution in [1.82, 2.24) is 45.2 Å². The molecule has 17 nitrogen and oxygen atoms in total. The maximum absolute atomic E-state index is 15.3. The number of amides is 4. The van der Waals surface area contributed by atoms with Crippen molar-refractivity contribution < 1.29 is 32.7 Å². The van der Waals surface area contributed by atoms with Gasteiger partial charge in [-0.3, -0.25) is 29.2 Å². The fraction of sp³-hybridized carbons (Fsp3) is 0.378. The topological polar surface area (TPSA) is 201 Å². The summed E-state index contributed by atoms with van der Waals surface area (Å²) in [6.07, 6.45) is 7.94. The number of rotatable bonds is 13. The van der Waals surface area contributed by atoms with Crippen molar-refractivity contribution in [3.8, 4) is 17.1 Å². The molecule has 3 saturated heterocycles. The fourth-order valence-electron chi connectivity index (χ4n) is 8.67. The van der Waals surface area contributed by atoms with E-state index in [-0.39, 0.29) is 47.7 Å². The molecule has 0 radical (unpaired) electrons. The minimum atomic E-state index is -0.729. The van der Waals surface area contributed by atoms with E-state index in [1.54, 1.807) is 50.4 Å². The lowest BCUT2D eigenvalue weighted by atomic mass is 9.87. The molecule has 1 atom stereocenters. The first-order valence-corrected chi connectivity index (χ1v) is 21.3. The number of hydrogen-bond acceptors (Lipinski definition) is 13. The third-order valence-electron chi connectivity index (χ3n) is 12.0. The summed E-state index contributed by atoms with van der Waals surface area (Å²) in [7, 11) is 4.87. The lowest BCUT2D eigenvalue weighted by Crippen LogP contribution is -2.47. The molecule has 3 fully saturated rings. The number of likely N-dealkylation sites (tertiary alicyclic amines) is 2. The molecular weight excluding hydrogens is 827 g/mol. The number of nitrogens with zero attached hydrogens (tertiary/aromatic N) is 7. The van der Waals surface area contributed by atoms with Gasteiger partial charge in [0.2, 0.25) is 11.8 Å². The summed E-state index contributed by atoms with van der Waals surface area (Å²) in [6, 6.07) is 12.4. The highest BCUT2D eigenvalue weighted by Gasteiger charge is 2.31. The van der Waals surface area contributed by atoms with E-state index in [1.807, 2.05) is 23.1 Å². The Labute approximate surface area is 368 Å². The van der Waals surface area contributed by atoms with Gasteiger partial charge in [-0.15, -0.1) is 0 Å². The number of anilines is 5. The molecule has 19 heteroatoms. The van der Waals surface area contributed by atoms with Gasteiger partial charge < -0.3 is 35.8 Å². The maximum atomic E-state index is 15.3. The number of imide groups is 1. The van der Waals surface area contributed by atoms with Gasteiger partial charge in [-0.05, 0) is 93.4 Å². The van der Waals surface area contributed by atoms with Crippen LogP contribution < -0.4 is 31.3 Å². The third-order valence-corrected chi connectivity index (χ3v) is 12.0. The molecule has 0 bridgehead atoms.